The fourth-order valence-corrected chi connectivity index (χ4v) is 2.05. The highest BCUT2D eigenvalue weighted by molar-refractivity contribution is 6.30. The number of rotatable bonds is 5. The molecule has 0 bridgehead atoms. The number of aromatic nitrogens is 1. The zero-order valence-corrected chi connectivity index (χ0v) is 9.63. The van der Waals surface area contributed by atoms with E-state index >= 15 is 0 Å². The van der Waals surface area contributed by atoms with Crippen LogP contribution in [0, 0.1) is 5.92 Å². The predicted molar refractivity (Wildman–Crippen MR) is 62.9 cm³/mol. The molecule has 1 aromatic heterocycles. The molecule has 2 nitrogen and oxygen atoms in total. The van der Waals surface area contributed by atoms with Gasteiger partial charge in [-0.15, -0.1) is 0 Å². The molecule has 1 N–H and O–H groups in total. The topological polar surface area (TPSA) is 24.9 Å². The van der Waals surface area contributed by atoms with E-state index in [1.54, 1.807) is 6.20 Å². The van der Waals surface area contributed by atoms with Crippen LogP contribution in [0.15, 0.2) is 18.3 Å². The van der Waals surface area contributed by atoms with Gasteiger partial charge in [-0.2, -0.15) is 0 Å². The zero-order chi connectivity index (χ0) is 10.5. The molecule has 0 atom stereocenters. The van der Waals surface area contributed by atoms with Crippen LogP contribution in [0.1, 0.15) is 31.2 Å². The smallest absolute Gasteiger partial charge is 0.133 e. The van der Waals surface area contributed by atoms with Crippen LogP contribution in [0.4, 0.5) is 0 Å². The van der Waals surface area contributed by atoms with Crippen molar-refractivity contribution < 1.29 is 0 Å². The van der Waals surface area contributed by atoms with Crippen molar-refractivity contribution >= 4 is 11.6 Å². The van der Waals surface area contributed by atoms with Gasteiger partial charge in [-0.3, -0.25) is 0 Å². The van der Waals surface area contributed by atoms with Crippen molar-refractivity contribution in [3.05, 3.63) is 29.0 Å². The van der Waals surface area contributed by atoms with E-state index in [0.29, 0.717) is 5.15 Å². The summed E-state index contributed by atoms with van der Waals surface area (Å²) >= 11 is 5.95. The van der Waals surface area contributed by atoms with Crippen LogP contribution < -0.4 is 5.32 Å². The molecule has 1 heterocycles. The minimum absolute atomic E-state index is 0.619. The lowest BCUT2D eigenvalue weighted by molar-refractivity contribution is 0.292. The Morgan fingerprint density at radius 3 is 3.00 bits per heavy atom. The number of hydrogen-bond acceptors (Lipinski definition) is 2. The second-order valence-electron chi connectivity index (χ2n) is 4.22. The molecular formula is C12H17ClN2. The summed E-state index contributed by atoms with van der Waals surface area (Å²) in [6, 6.07) is 3.94. The van der Waals surface area contributed by atoms with Crippen LogP contribution >= 0.6 is 11.6 Å². The maximum absolute atomic E-state index is 5.95. The molecule has 1 saturated carbocycles. The van der Waals surface area contributed by atoms with Gasteiger partial charge < -0.3 is 5.32 Å². The van der Waals surface area contributed by atoms with Gasteiger partial charge in [0, 0.05) is 18.3 Å². The highest BCUT2D eigenvalue weighted by Gasteiger charge is 2.16. The Balaban J connectivity index is 1.66. The number of pyridine rings is 1. The minimum Gasteiger partial charge on any atom is -0.313 e. The maximum atomic E-state index is 5.95. The molecule has 0 unspecified atom stereocenters. The average molecular weight is 225 g/mol. The standard InChI is InChI=1S/C12H17ClN2/c13-12-11(5-2-7-15-12)9-14-8-6-10-3-1-4-10/h2,5,7,10,14H,1,3-4,6,8-9H2. The first-order valence-corrected chi connectivity index (χ1v) is 6.04. The fraction of sp³-hybridized carbons (Fsp3) is 0.583. The van der Waals surface area contributed by atoms with Crippen LogP contribution in [-0.4, -0.2) is 11.5 Å². The first-order valence-electron chi connectivity index (χ1n) is 5.66. The van der Waals surface area contributed by atoms with E-state index in [1.807, 2.05) is 12.1 Å². The number of nitrogens with one attached hydrogen (secondary N) is 1. The van der Waals surface area contributed by atoms with Gasteiger partial charge in [0.25, 0.3) is 0 Å². The van der Waals surface area contributed by atoms with E-state index < -0.39 is 0 Å². The Morgan fingerprint density at radius 2 is 2.33 bits per heavy atom. The second-order valence-corrected chi connectivity index (χ2v) is 4.57. The highest BCUT2D eigenvalue weighted by Crippen LogP contribution is 2.28. The fourth-order valence-electron chi connectivity index (χ4n) is 1.86. The summed E-state index contributed by atoms with van der Waals surface area (Å²) in [5, 5.41) is 4.04. The molecule has 3 heteroatoms. The van der Waals surface area contributed by atoms with Crippen molar-refractivity contribution in [3.8, 4) is 0 Å². The first-order chi connectivity index (χ1) is 7.36. The summed E-state index contributed by atoms with van der Waals surface area (Å²) in [5.74, 6) is 0.974. The second kappa shape index (κ2) is 5.47. The van der Waals surface area contributed by atoms with Gasteiger partial charge in [0.1, 0.15) is 5.15 Å². The molecule has 1 aromatic rings. The average Bonchev–Trinajstić information content (AvgIpc) is 2.17. The number of hydrogen-bond donors (Lipinski definition) is 1. The van der Waals surface area contributed by atoms with E-state index in [0.717, 1.165) is 24.6 Å². The Hall–Kier alpha value is -0.600. The maximum Gasteiger partial charge on any atom is 0.133 e. The monoisotopic (exact) mass is 224 g/mol. The summed E-state index contributed by atoms with van der Waals surface area (Å²) < 4.78 is 0. The molecule has 1 fully saturated rings. The number of nitrogens with zero attached hydrogens (tertiary/aromatic N) is 1. The molecule has 0 aliphatic heterocycles. The van der Waals surface area contributed by atoms with Crippen molar-refractivity contribution in [1.82, 2.24) is 10.3 Å². The van der Waals surface area contributed by atoms with Crippen LogP contribution in [0.5, 0.6) is 0 Å². The normalized spacial score (nSPS) is 16.3. The predicted octanol–water partition coefficient (Wildman–Crippen LogP) is 3.01. The van der Waals surface area contributed by atoms with Crippen molar-refractivity contribution in [3.63, 3.8) is 0 Å². The van der Waals surface area contributed by atoms with Crippen LogP contribution in [-0.2, 0) is 6.54 Å². The Labute approximate surface area is 96.1 Å². The van der Waals surface area contributed by atoms with E-state index in [2.05, 4.69) is 10.3 Å². The summed E-state index contributed by atoms with van der Waals surface area (Å²) in [7, 11) is 0. The van der Waals surface area contributed by atoms with Crippen molar-refractivity contribution in [2.45, 2.75) is 32.2 Å². The molecule has 2 rings (SSSR count). The number of halogens is 1. The van der Waals surface area contributed by atoms with Gasteiger partial charge in [-0.25, -0.2) is 4.98 Å². The van der Waals surface area contributed by atoms with Gasteiger partial charge >= 0.3 is 0 Å². The molecule has 1 aliphatic rings. The van der Waals surface area contributed by atoms with E-state index in [-0.39, 0.29) is 0 Å². The molecule has 0 spiro atoms. The van der Waals surface area contributed by atoms with Crippen molar-refractivity contribution in [1.29, 1.82) is 0 Å². The van der Waals surface area contributed by atoms with E-state index in [1.165, 1.54) is 25.7 Å². The van der Waals surface area contributed by atoms with Crippen LogP contribution in [0.3, 0.4) is 0 Å². The Morgan fingerprint density at radius 1 is 1.47 bits per heavy atom. The van der Waals surface area contributed by atoms with Gasteiger partial charge in [-0.1, -0.05) is 36.9 Å². The lowest BCUT2D eigenvalue weighted by atomic mass is 9.83. The largest absolute Gasteiger partial charge is 0.313 e. The van der Waals surface area contributed by atoms with Gasteiger partial charge in [0.05, 0.1) is 0 Å². The molecule has 82 valence electrons. The molecule has 0 saturated heterocycles. The summed E-state index contributed by atoms with van der Waals surface area (Å²) in [5.41, 5.74) is 1.09. The van der Waals surface area contributed by atoms with E-state index in [9.17, 15) is 0 Å². The SMILES string of the molecule is Clc1ncccc1CNCCC1CCC1. The third-order valence-corrected chi connectivity index (χ3v) is 3.45. The zero-order valence-electron chi connectivity index (χ0n) is 8.88. The van der Waals surface area contributed by atoms with Crippen molar-refractivity contribution in [2.75, 3.05) is 6.54 Å². The van der Waals surface area contributed by atoms with Crippen molar-refractivity contribution in [2.24, 2.45) is 5.92 Å². The van der Waals surface area contributed by atoms with Gasteiger partial charge in [0.2, 0.25) is 0 Å². The third-order valence-electron chi connectivity index (χ3n) is 3.11. The van der Waals surface area contributed by atoms with E-state index in [4.69, 9.17) is 11.6 Å². The molecule has 0 radical (unpaired) electrons. The summed E-state index contributed by atoms with van der Waals surface area (Å²) in [6.45, 7) is 1.93. The summed E-state index contributed by atoms with van der Waals surface area (Å²) in [6.07, 6.45) is 7.31. The highest BCUT2D eigenvalue weighted by atomic mass is 35.5. The summed E-state index contributed by atoms with van der Waals surface area (Å²) in [4.78, 5) is 4.05. The minimum atomic E-state index is 0.619. The Kier molecular flexibility index (Phi) is 3.98. The lowest BCUT2D eigenvalue weighted by Gasteiger charge is -2.25. The lowest BCUT2D eigenvalue weighted by Crippen LogP contribution is -2.21. The molecule has 0 amide bonds. The molecule has 1 aliphatic carbocycles. The Bertz CT molecular complexity index is 310. The molecule has 15 heavy (non-hydrogen) atoms. The van der Waals surface area contributed by atoms with Gasteiger partial charge in [0.15, 0.2) is 0 Å². The third kappa shape index (κ3) is 3.18. The first kappa shape index (κ1) is 10.9. The quantitative estimate of drug-likeness (QED) is 0.615. The van der Waals surface area contributed by atoms with Crippen LogP contribution in [0.25, 0.3) is 0 Å². The van der Waals surface area contributed by atoms with Gasteiger partial charge in [-0.05, 0) is 24.9 Å². The molecular weight excluding hydrogens is 208 g/mol. The van der Waals surface area contributed by atoms with Crippen LogP contribution in [0.2, 0.25) is 5.15 Å². The molecule has 0 aromatic carbocycles.